The van der Waals surface area contributed by atoms with Crippen molar-refractivity contribution in [1.82, 2.24) is 0 Å². The largest absolute Gasteiger partial charge is 0.0619 e. The van der Waals surface area contributed by atoms with E-state index in [1.54, 1.807) is 0 Å². The van der Waals surface area contributed by atoms with E-state index in [4.69, 9.17) is 0 Å². The van der Waals surface area contributed by atoms with Gasteiger partial charge in [-0.05, 0) is 283 Å². The molecule has 0 aromatic heterocycles. The highest BCUT2D eigenvalue weighted by Crippen LogP contribution is 2.57. The fourth-order valence-electron chi connectivity index (χ4n) is 20.5. The van der Waals surface area contributed by atoms with Crippen molar-refractivity contribution in [2.45, 2.75) is 90.9 Å². The first kappa shape index (κ1) is 65.8. The van der Waals surface area contributed by atoms with E-state index in [2.05, 4.69) is 397 Å². The van der Waals surface area contributed by atoms with Crippen LogP contribution in [0.25, 0.3) is 176 Å². The van der Waals surface area contributed by atoms with Gasteiger partial charge in [-0.3, -0.25) is 0 Å². The van der Waals surface area contributed by atoms with Crippen LogP contribution in [0, 0.1) is 13.8 Å². The molecule has 0 spiro atoms. The molecule has 0 fully saturated rings. The molecule has 0 aliphatic heterocycles. The minimum Gasteiger partial charge on any atom is -0.0619 e. The molecule has 110 heavy (non-hydrogen) atoms. The summed E-state index contributed by atoms with van der Waals surface area (Å²) in [4.78, 5) is 0. The lowest BCUT2D eigenvalue weighted by Crippen LogP contribution is -2.15. The Morgan fingerprint density at radius 1 is 0.155 bits per heavy atom. The number of hydrogen-bond donors (Lipinski definition) is 0. The van der Waals surface area contributed by atoms with E-state index in [9.17, 15) is 0 Å². The number of fused-ring (bicyclic) bond motifs is 18. The molecule has 0 amide bonds. The Morgan fingerprint density at radius 2 is 0.409 bits per heavy atom. The van der Waals surface area contributed by atoms with Gasteiger partial charge in [0.1, 0.15) is 0 Å². The monoisotopic (exact) mass is 1400 g/mol. The smallest absolute Gasteiger partial charge is 0.0159 e. The van der Waals surface area contributed by atoms with E-state index < -0.39 is 0 Å². The van der Waals surface area contributed by atoms with E-state index in [0.717, 1.165) is 0 Å². The van der Waals surface area contributed by atoms with Crippen LogP contribution >= 0.6 is 0 Å². The van der Waals surface area contributed by atoms with Gasteiger partial charge in [-0.25, -0.2) is 0 Å². The lowest BCUT2D eigenvalue weighted by molar-refractivity contribution is 0.659. The summed E-state index contributed by atoms with van der Waals surface area (Å²) in [6.07, 6.45) is 0. The molecule has 0 heteroatoms. The standard InChI is InChI=1S/C60H48.C50H36/c1-35-20-25-47-49(30-35)57(38-24-29-52-48(31-38)41-15-11-13-19-51(41)58(52,2)3)46-17-9-8-16-45(46)56(47)39-23-28-44-43-27-22-37(33-54(43)60(6,7)55(44)34-39)36-21-26-42-40-14-10-12-18-50(40)59(4,5)53(42)32-36;1-31-16-24-43-45(26-31)49(39-23-25-47-44(30-39)40-12-8-9-15-46(40)50(47,2)3)42-14-7-6-13-41(42)48(43)38-22-21-36-28-35(19-20-37(36)29-38)34-18-17-32-10-4-5-11-33(32)27-34/h8-34H,1-7H3;4-30H,1-3H3. The molecule has 0 bridgehead atoms. The van der Waals surface area contributed by atoms with Crippen LogP contribution in [-0.2, 0) is 21.7 Å². The molecule has 4 aliphatic carbocycles. The van der Waals surface area contributed by atoms with Crippen LogP contribution in [0.1, 0.15) is 111 Å². The summed E-state index contributed by atoms with van der Waals surface area (Å²) in [5.41, 5.74) is 39.8. The van der Waals surface area contributed by atoms with Crippen molar-refractivity contribution < 1.29 is 0 Å². The molecule has 0 unspecified atom stereocenters. The normalized spacial score (nSPS) is 14.6. The molecule has 0 atom stereocenters. The fraction of sp³-hybridized carbons (Fsp3) is 0.127. The molecule has 22 rings (SSSR count). The zero-order valence-electron chi connectivity index (χ0n) is 64.2. The van der Waals surface area contributed by atoms with E-state index in [1.807, 2.05) is 0 Å². The van der Waals surface area contributed by atoms with Crippen LogP contribution < -0.4 is 0 Å². The van der Waals surface area contributed by atoms with Crippen molar-refractivity contribution in [3.8, 4) is 111 Å². The lowest BCUT2D eigenvalue weighted by Gasteiger charge is -2.24. The van der Waals surface area contributed by atoms with Gasteiger partial charge in [0, 0.05) is 21.7 Å². The van der Waals surface area contributed by atoms with Crippen LogP contribution in [0.3, 0.4) is 0 Å². The molecule has 18 aromatic rings. The number of rotatable bonds is 6. The predicted octanol–water partition coefficient (Wildman–Crippen LogP) is 30.1. The van der Waals surface area contributed by atoms with Crippen molar-refractivity contribution in [2.24, 2.45) is 0 Å². The Bertz CT molecular complexity index is 7040. The zero-order valence-corrected chi connectivity index (χ0v) is 64.2. The summed E-state index contributed by atoms with van der Waals surface area (Å²) in [6, 6.07) is 124. The minimum atomic E-state index is -0.167. The first-order valence-electron chi connectivity index (χ1n) is 39.3. The van der Waals surface area contributed by atoms with Crippen LogP contribution in [0.15, 0.2) is 328 Å². The van der Waals surface area contributed by atoms with Gasteiger partial charge in [0.15, 0.2) is 0 Å². The molecule has 0 nitrogen and oxygen atoms in total. The van der Waals surface area contributed by atoms with E-state index >= 15 is 0 Å². The maximum absolute atomic E-state index is 2.51. The van der Waals surface area contributed by atoms with Gasteiger partial charge >= 0.3 is 0 Å². The van der Waals surface area contributed by atoms with E-state index in [1.165, 1.54) is 232 Å². The van der Waals surface area contributed by atoms with Crippen molar-refractivity contribution in [1.29, 1.82) is 0 Å². The van der Waals surface area contributed by atoms with Gasteiger partial charge in [-0.2, -0.15) is 0 Å². The lowest BCUT2D eigenvalue weighted by atomic mass is 9.79. The molecule has 0 radical (unpaired) electrons. The summed E-state index contributed by atoms with van der Waals surface area (Å²) in [5.74, 6) is 0. The number of benzene rings is 18. The maximum atomic E-state index is 2.51. The SMILES string of the molecule is Cc1ccc2c(-c3ccc4c(c3)C(C)(C)c3cc(-c5ccc6c(c5)C(C)(C)c5ccccc5-6)ccc3-4)c3ccccc3c(-c3ccc4c(c3)-c3ccccc3C4(C)C)c2c1.Cc1ccc2c(-c3ccc4cc(-c5ccc6ccccc6c5)ccc4c3)c3ccccc3c(-c3ccc4c(c3)-c3ccccc3C4(C)C)c2c1. The molecule has 0 saturated carbocycles. The second kappa shape index (κ2) is 24.0. The Balaban J connectivity index is 0.000000142. The van der Waals surface area contributed by atoms with Crippen LogP contribution in [0.2, 0.25) is 0 Å². The topological polar surface area (TPSA) is 0 Å². The van der Waals surface area contributed by atoms with Crippen LogP contribution in [0.4, 0.5) is 0 Å². The third kappa shape index (κ3) is 9.77. The molecule has 0 heterocycles. The molecule has 524 valence electrons. The fourth-order valence-corrected chi connectivity index (χ4v) is 20.5. The highest BCUT2D eigenvalue weighted by Gasteiger charge is 2.40. The van der Waals surface area contributed by atoms with Gasteiger partial charge in [-0.1, -0.05) is 346 Å². The van der Waals surface area contributed by atoms with Crippen molar-refractivity contribution in [2.75, 3.05) is 0 Å². The molecular formula is C110H84. The zero-order chi connectivity index (χ0) is 74.4. The molecule has 18 aromatic carbocycles. The summed E-state index contributed by atoms with van der Waals surface area (Å²) in [7, 11) is 0. The van der Waals surface area contributed by atoms with Gasteiger partial charge in [0.2, 0.25) is 0 Å². The highest BCUT2D eigenvalue weighted by molar-refractivity contribution is 6.24. The van der Waals surface area contributed by atoms with Gasteiger partial charge in [0.25, 0.3) is 0 Å². The highest BCUT2D eigenvalue weighted by atomic mass is 14.4. The quantitative estimate of drug-likeness (QED) is 0.146. The van der Waals surface area contributed by atoms with Gasteiger partial charge in [-0.15, -0.1) is 0 Å². The van der Waals surface area contributed by atoms with Gasteiger partial charge < -0.3 is 0 Å². The molecular weight excluding hydrogens is 1320 g/mol. The minimum absolute atomic E-state index is 0.0125. The maximum Gasteiger partial charge on any atom is 0.0159 e. The average molecular weight is 1410 g/mol. The summed E-state index contributed by atoms with van der Waals surface area (Å²) >= 11 is 0. The summed E-state index contributed by atoms with van der Waals surface area (Å²) in [6.45, 7) is 23.5. The number of hydrogen-bond acceptors (Lipinski definition) is 0. The summed E-state index contributed by atoms with van der Waals surface area (Å²) in [5, 5.41) is 15.4. The Hall–Kier alpha value is -12.5. The van der Waals surface area contributed by atoms with Gasteiger partial charge in [0.05, 0.1) is 0 Å². The molecule has 0 N–H and O–H groups in total. The van der Waals surface area contributed by atoms with E-state index in [-0.39, 0.29) is 21.7 Å². The third-order valence-electron chi connectivity index (χ3n) is 26.2. The van der Waals surface area contributed by atoms with Crippen molar-refractivity contribution >= 4 is 64.6 Å². The van der Waals surface area contributed by atoms with Crippen molar-refractivity contribution in [3.05, 3.63) is 383 Å². The third-order valence-corrected chi connectivity index (χ3v) is 26.2. The summed E-state index contributed by atoms with van der Waals surface area (Å²) < 4.78 is 0. The Labute approximate surface area is 645 Å². The first-order valence-corrected chi connectivity index (χ1v) is 39.3. The van der Waals surface area contributed by atoms with E-state index in [0.29, 0.717) is 0 Å². The van der Waals surface area contributed by atoms with Crippen LogP contribution in [-0.4, -0.2) is 0 Å². The second-order valence-electron chi connectivity index (χ2n) is 34.0. The van der Waals surface area contributed by atoms with Crippen LogP contribution in [0.5, 0.6) is 0 Å². The Kier molecular flexibility index (Phi) is 14.4. The Morgan fingerprint density at radius 3 is 0.864 bits per heavy atom. The predicted molar refractivity (Wildman–Crippen MR) is 470 cm³/mol. The first-order chi connectivity index (χ1) is 53.4. The van der Waals surface area contributed by atoms with Crippen molar-refractivity contribution in [3.63, 3.8) is 0 Å². The second-order valence-corrected chi connectivity index (χ2v) is 34.0. The average Bonchev–Trinajstić information content (AvgIpc) is 1.49. The molecule has 4 aliphatic rings. The molecule has 0 saturated heterocycles. The number of aryl methyl sites for hydroxylation is 2.